The van der Waals surface area contributed by atoms with Gasteiger partial charge < -0.3 is 10.2 Å². The minimum Gasteiger partial charge on any atom is -0.350 e. The van der Waals surface area contributed by atoms with Gasteiger partial charge in [-0.3, -0.25) is 9.59 Å². The number of rotatable bonds is 6. The number of para-hydroxylation sites is 1. The highest BCUT2D eigenvalue weighted by Crippen LogP contribution is 2.39. The van der Waals surface area contributed by atoms with Crippen molar-refractivity contribution in [1.82, 2.24) is 20.0 Å². The summed E-state index contributed by atoms with van der Waals surface area (Å²) in [6.45, 7) is 4.39. The first kappa shape index (κ1) is 24.8. The second-order valence-electron chi connectivity index (χ2n) is 9.09. The van der Waals surface area contributed by atoms with E-state index in [1.165, 1.54) is 23.9 Å². The fraction of sp³-hybridized carbons (Fsp3) is 0.207. The van der Waals surface area contributed by atoms with Crippen molar-refractivity contribution in [1.29, 1.82) is 0 Å². The third-order valence-corrected chi connectivity index (χ3v) is 7.46. The molecule has 3 aromatic carbocycles. The lowest BCUT2D eigenvalue weighted by atomic mass is 10.0. The molecule has 0 bridgehead atoms. The molecule has 0 saturated carbocycles. The summed E-state index contributed by atoms with van der Waals surface area (Å²) in [4.78, 5) is 28.9. The molecule has 0 aliphatic carbocycles. The first-order valence-electron chi connectivity index (χ1n) is 12.1. The molecule has 1 aliphatic heterocycles. The number of halogens is 1. The van der Waals surface area contributed by atoms with Gasteiger partial charge >= 0.3 is 0 Å². The third-order valence-electron chi connectivity index (χ3n) is 6.40. The lowest BCUT2D eigenvalue weighted by Gasteiger charge is -2.30. The highest BCUT2D eigenvalue weighted by Gasteiger charge is 2.39. The predicted molar refractivity (Wildman–Crippen MR) is 142 cm³/mol. The van der Waals surface area contributed by atoms with Crippen LogP contribution in [0.1, 0.15) is 34.0 Å². The van der Waals surface area contributed by atoms with Gasteiger partial charge in [-0.15, -0.1) is 0 Å². The van der Waals surface area contributed by atoms with Gasteiger partial charge in [0, 0.05) is 18.7 Å². The molecule has 0 spiro atoms. The Balaban J connectivity index is 1.55. The molecule has 2 amide bonds. The van der Waals surface area contributed by atoms with Gasteiger partial charge in [0.1, 0.15) is 16.9 Å². The van der Waals surface area contributed by atoms with Crippen LogP contribution in [0.25, 0.3) is 5.69 Å². The van der Waals surface area contributed by atoms with Gasteiger partial charge in [-0.25, -0.2) is 9.07 Å². The zero-order valence-corrected chi connectivity index (χ0v) is 21.5. The quantitative estimate of drug-likeness (QED) is 0.388. The van der Waals surface area contributed by atoms with E-state index in [2.05, 4.69) is 5.32 Å². The molecule has 4 aromatic rings. The number of hydrogen-bond acceptors (Lipinski definition) is 4. The van der Waals surface area contributed by atoms with Crippen LogP contribution in [0, 0.1) is 19.7 Å². The van der Waals surface area contributed by atoms with Gasteiger partial charge in [0.2, 0.25) is 11.8 Å². The van der Waals surface area contributed by atoms with Gasteiger partial charge in [-0.05, 0) is 49.2 Å². The Kier molecular flexibility index (Phi) is 7.10. The van der Waals surface area contributed by atoms with Crippen LogP contribution in [-0.2, 0) is 22.7 Å². The van der Waals surface area contributed by atoms with E-state index in [4.69, 9.17) is 5.10 Å². The van der Waals surface area contributed by atoms with Gasteiger partial charge in [0.15, 0.2) is 0 Å². The minimum atomic E-state index is -0.884. The van der Waals surface area contributed by atoms with Gasteiger partial charge in [0.05, 0.1) is 17.1 Å². The molecule has 1 aliphatic rings. The Morgan fingerprint density at radius 1 is 1.00 bits per heavy atom. The molecule has 0 unspecified atom stereocenters. The SMILES string of the molecule is Cc1ccc(CNC(=O)[C@@H]2c3c(C)nn(-c4ccccc4)c3SCC(=O)N2Cc2ccc(F)cc2)cc1. The number of amides is 2. The largest absolute Gasteiger partial charge is 0.350 e. The summed E-state index contributed by atoms with van der Waals surface area (Å²) < 4.78 is 15.4. The van der Waals surface area contributed by atoms with Crippen molar-refractivity contribution in [2.24, 2.45) is 0 Å². The van der Waals surface area contributed by atoms with Crippen LogP contribution in [-0.4, -0.2) is 32.2 Å². The van der Waals surface area contributed by atoms with E-state index in [9.17, 15) is 14.0 Å². The molecular weight excluding hydrogens is 487 g/mol. The molecule has 188 valence electrons. The maximum atomic E-state index is 13.8. The van der Waals surface area contributed by atoms with Crippen molar-refractivity contribution >= 4 is 23.6 Å². The molecule has 0 fully saturated rings. The molecule has 0 saturated heterocycles. The van der Waals surface area contributed by atoms with Gasteiger partial charge in [-0.1, -0.05) is 71.9 Å². The molecule has 37 heavy (non-hydrogen) atoms. The smallest absolute Gasteiger partial charge is 0.247 e. The topological polar surface area (TPSA) is 67.2 Å². The molecule has 1 atom stereocenters. The Bertz CT molecular complexity index is 1420. The summed E-state index contributed by atoms with van der Waals surface area (Å²) >= 11 is 1.38. The van der Waals surface area contributed by atoms with E-state index in [0.717, 1.165) is 27.4 Å². The van der Waals surface area contributed by atoms with Crippen molar-refractivity contribution in [2.75, 3.05) is 5.75 Å². The molecule has 1 N–H and O–H groups in total. The number of benzene rings is 3. The Morgan fingerprint density at radius 2 is 1.68 bits per heavy atom. The summed E-state index contributed by atoms with van der Waals surface area (Å²) in [6.07, 6.45) is 0. The first-order chi connectivity index (χ1) is 17.9. The molecular formula is C29H27FN4O2S. The number of nitrogens with one attached hydrogen (secondary N) is 1. The van der Waals surface area contributed by atoms with Crippen molar-refractivity contribution < 1.29 is 14.0 Å². The van der Waals surface area contributed by atoms with E-state index >= 15 is 0 Å². The maximum absolute atomic E-state index is 13.8. The number of thioether (sulfide) groups is 1. The monoisotopic (exact) mass is 514 g/mol. The molecule has 8 heteroatoms. The summed E-state index contributed by atoms with van der Waals surface area (Å²) in [5.74, 6) is -0.639. The number of aromatic nitrogens is 2. The highest BCUT2D eigenvalue weighted by molar-refractivity contribution is 8.00. The summed E-state index contributed by atoms with van der Waals surface area (Å²) in [5.41, 5.74) is 5.10. The predicted octanol–water partition coefficient (Wildman–Crippen LogP) is 5.12. The number of carbonyl (C=O) groups excluding carboxylic acids is 2. The fourth-order valence-electron chi connectivity index (χ4n) is 4.46. The van der Waals surface area contributed by atoms with E-state index in [1.807, 2.05) is 73.1 Å². The number of fused-ring (bicyclic) bond motifs is 1. The van der Waals surface area contributed by atoms with Crippen LogP contribution in [0.2, 0.25) is 0 Å². The van der Waals surface area contributed by atoms with Gasteiger partial charge in [0.25, 0.3) is 0 Å². The lowest BCUT2D eigenvalue weighted by molar-refractivity contribution is -0.139. The van der Waals surface area contributed by atoms with Crippen LogP contribution in [0.4, 0.5) is 4.39 Å². The highest BCUT2D eigenvalue weighted by atomic mass is 32.2. The number of hydrogen-bond donors (Lipinski definition) is 1. The van der Waals surface area contributed by atoms with Crippen molar-refractivity contribution in [3.05, 3.63) is 113 Å². The number of nitrogens with zero attached hydrogens (tertiary/aromatic N) is 3. The van der Waals surface area contributed by atoms with Crippen LogP contribution >= 0.6 is 11.8 Å². The fourth-order valence-corrected chi connectivity index (χ4v) is 5.57. The third kappa shape index (κ3) is 5.29. The average molecular weight is 515 g/mol. The Morgan fingerprint density at radius 3 is 2.38 bits per heavy atom. The normalized spacial score (nSPS) is 15.3. The van der Waals surface area contributed by atoms with Crippen LogP contribution in [0.3, 0.4) is 0 Å². The van der Waals surface area contributed by atoms with E-state index in [-0.39, 0.29) is 29.9 Å². The van der Waals surface area contributed by atoms with Crippen molar-refractivity contribution in [3.63, 3.8) is 0 Å². The first-order valence-corrected chi connectivity index (χ1v) is 13.0. The van der Waals surface area contributed by atoms with Crippen LogP contribution < -0.4 is 5.32 Å². The second kappa shape index (κ2) is 10.6. The molecule has 1 aromatic heterocycles. The van der Waals surface area contributed by atoms with E-state index < -0.39 is 6.04 Å². The van der Waals surface area contributed by atoms with Crippen LogP contribution in [0.5, 0.6) is 0 Å². The molecule has 5 rings (SSSR count). The summed E-state index contributed by atoms with van der Waals surface area (Å²) in [7, 11) is 0. The number of aryl methyl sites for hydroxylation is 2. The number of carbonyl (C=O) groups is 2. The molecule has 0 radical (unpaired) electrons. The average Bonchev–Trinajstić information content (AvgIpc) is 3.15. The summed E-state index contributed by atoms with van der Waals surface area (Å²) in [5, 5.41) is 8.58. The molecule has 6 nitrogen and oxygen atoms in total. The van der Waals surface area contributed by atoms with E-state index in [0.29, 0.717) is 17.8 Å². The van der Waals surface area contributed by atoms with E-state index in [1.54, 1.807) is 17.0 Å². The zero-order valence-electron chi connectivity index (χ0n) is 20.6. The second-order valence-corrected chi connectivity index (χ2v) is 10.1. The summed E-state index contributed by atoms with van der Waals surface area (Å²) in [6, 6.07) is 22.8. The standard InChI is InChI=1S/C29H27FN4O2S/c1-19-8-10-21(11-9-19)16-31-28(36)27-26-20(2)32-34(24-6-4-3-5-7-24)29(26)37-18-25(35)33(27)17-22-12-14-23(30)15-13-22/h3-15,27H,16-18H2,1-2H3,(H,31,36)/t27-/m0/s1. The van der Waals surface area contributed by atoms with Gasteiger partial charge in [-0.2, -0.15) is 5.10 Å². The minimum absolute atomic E-state index is 0.161. The Labute approximate surface area is 219 Å². The Hall–Kier alpha value is -3.91. The van der Waals surface area contributed by atoms with Crippen LogP contribution in [0.15, 0.2) is 83.9 Å². The van der Waals surface area contributed by atoms with Crippen molar-refractivity contribution in [2.45, 2.75) is 38.0 Å². The van der Waals surface area contributed by atoms with Crippen molar-refractivity contribution in [3.8, 4) is 5.69 Å². The molecule has 2 heterocycles. The zero-order chi connectivity index (χ0) is 25.9. The lowest BCUT2D eigenvalue weighted by Crippen LogP contribution is -2.43. The maximum Gasteiger partial charge on any atom is 0.247 e.